The van der Waals surface area contributed by atoms with Gasteiger partial charge in [-0.25, -0.2) is 13.5 Å². The molecule has 1 atom stereocenters. The van der Waals surface area contributed by atoms with Gasteiger partial charge in [-0.1, -0.05) is 11.6 Å². The minimum atomic E-state index is -2.95. The van der Waals surface area contributed by atoms with E-state index >= 15 is 0 Å². The third-order valence-corrected chi connectivity index (χ3v) is 3.94. The quantitative estimate of drug-likeness (QED) is 0.895. The highest BCUT2D eigenvalue weighted by atomic mass is 35.5. The number of carbonyl (C=O) groups excluding carboxylic acids is 1. The number of nitrogens with zero attached hydrogens (tertiary/aromatic N) is 5. The van der Waals surface area contributed by atoms with Crippen LogP contribution in [0.4, 0.5) is 8.78 Å². The first-order chi connectivity index (χ1) is 10.9. The number of aromatic nitrogens is 4. The largest absolute Gasteiger partial charge is 0.368 e. The first-order valence-electron chi connectivity index (χ1n) is 6.79. The van der Waals surface area contributed by atoms with Crippen molar-refractivity contribution in [3.63, 3.8) is 0 Å². The van der Waals surface area contributed by atoms with E-state index in [2.05, 4.69) is 15.5 Å². The fourth-order valence-corrected chi connectivity index (χ4v) is 2.92. The number of hydrogen-bond acceptors (Lipinski definition) is 5. The first kappa shape index (κ1) is 15.8. The number of tetrazole rings is 1. The van der Waals surface area contributed by atoms with Crippen LogP contribution < -0.4 is 5.73 Å². The molecule has 3 rings (SSSR count). The normalized spacial score (nSPS) is 20.7. The lowest BCUT2D eigenvalue weighted by atomic mass is 10.1. The number of amides is 1. The number of benzene rings is 1. The van der Waals surface area contributed by atoms with Gasteiger partial charge in [-0.2, -0.15) is 0 Å². The lowest BCUT2D eigenvalue weighted by Gasteiger charge is -2.22. The van der Waals surface area contributed by atoms with Gasteiger partial charge in [0.25, 0.3) is 5.92 Å². The van der Waals surface area contributed by atoms with Gasteiger partial charge in [-0.3, -0.25) is 9.69 Å². The smallest absolute Gasteiger partial charge is 0.262 e. The van der Waals surface area contributed by atoms with Crippen molar-refractivity contribution in [1.82, 2.24) is 25.1 Å². The van der Waals surface area contributed by atoms with E-state index in [1.54, 1.807) is 18.2 Å². The summed E-state index contributed by atoms with van der Waals surface area (Å²) in [4.78, 5) is 12.8. The molecule has 2 N–H and O–H groups in total. The van der Waals surface area contributed by atoms with E-state index in [0.29, 0.717) is 16.3 Å². The van der Waals surface area contributed by atoms with Crippen molar-refractivity contribution in [2.24, 2.45) is 5.73 Å². The zero-order valence-corrected chi connectivity index (χ0v) is 12.6. The summed E-state index contributed by atoms with van der Waals surface area (Å²) in [5.41, 5.74) is 6.46. The van der Waals surface area contributed by atoms with Crippen LogP contribution in [0.5, 0.6) is 0 Å². The highest BCUT2D eigenvalue weighted by Crippen LogP contribution is 2.34. The van der Waals surface area contributed by atoms with Crippen LogP contribution in [0.1, 0.15) is 12.0 Å². The lowest BCUT2D eigenvalue weighted by Crippen LogP contribution is -2.40. The molecule has 122 valence electrons. The molecule has 2 heterocycles. The van der Waals surface area contributed by atoms with Crippen molar-refractivity contribution in [2.45, 2.75) is 24.9 Å². The lowest BCUT2D eigenvalue weighted by molar-refractivity contribution is -0.122. The number of alkyl halides is 2. The number of nitrogens with two attached hydrogens (primary N) is 1. The van der Waals surface area contributed by atoms with Crippen molar-refractivity contribution >= 4 is 17.5 Å². The molecule has 23 heavy (non-hydrogen) atoms. The molecule has 0 aliphatic carbocycles. The minimum absolute atomic E-state index is 0.0823. The molecule has 7 nitrogen and oxygen atoms in total. The van der Waals surface area contributed by atoms with E-state index < -0.39 is 30.8 Å². The Morgan fingerprint density at radius 1 is 1.48 bits per heavy atom. The van der Waals surface area contributed by atoms with Crippen molar-refractivity contribution in [3.8, 4) is 5.69 Å². The summed E-state index contributed by atoms with van der Waals surface area (Å²) in [5, 5.41) is 11.3. The van der Waals surface area contributed by atoms with Crippen LogP contribution in [-0.2, 0) is 11.3 Å². The standard InChI is InChI=1S/C13H13ClF2N6O/c14-9-1-2-10(22-7-18-19-20-22)8(3-9)5-21-6-13(15,16)4-11(21)12(17)23/h1-3,7,11H,4-6H2,(H2,17,23)/t11-/m0/s1. The molecule has 0 radical (unpaired) electrons. The average Bonchev–Trinajstić information content (AvgIpc) is 3.07. The summed E-state index contributed by atoms with van der Waals surface area (Å²) in [6, 6.07) is 3.94. The molecule has 1 aliphatic heterocycles. The van der Waals surface area contributed by atoms with Gasteiger partial charge in [-0.05, 0) is 34.2 Å². The molecule has 1 saturated heterocycles. The van der Waals surface area contributed by atoms with Crippen LogP contribution in [0.3, 0.4) is 0 Å². The number of carbonyl (C=O) groups is 1. The predicted octanol–water partition coefficient (Wildman–Crippen LogP) is 1.01. The third kappa shape index (κ3) is 3.30. The van der Waals surface area contributed by atoms with Crippen molar-refractivity contribution in [3.05, 3.63) is 35.1 Å². The monoisotopic (exact) mass is 342 g/mol. The first-order valence-corrected chi connectivity index (χ1v) is 7.16. The maximum Gasteiger partial charge on any atom is 0.262 e. The molecule has 1 aromatic carbocycles. The van der Waals surface area contributed by atoms with Gasteiger partial charge >= 0.3 is 0 Å². The summed E-state index contributed by atoms with van der Waals surface area (Å²) < 4.78 is 28.7. The second-order valence-electron chi connectivity index (χ2n) is 5.41. The topological polar surface area (TPSA) is 89.9 Å². The Morgan fingerprint density at radius 2 is 2.26 bits per heavy atom. The van der Waals surface area contributed by atoms with Gasteiger partial charge < -0.3 is 5.73 Å². The Balaban J connectivity index is 1.93. The summed E-state index contributed by atoms with van der Waals surface area (Å²) >= 11 is 6.00. The van der Waals surface area contributed by atoms with Crippen molar-refractivity contribution in [2.75, 3.05) is 6.54 Å². The Labute approximate surface area is 135 Å². The van der Waals surface area contributed by atoms with E-state index in [1.807, 2.05) is 0 Å². The molecule has 2 aromatic rings. The van der Waals surface area contributed by atoms with Crippen molar-refractivity contribution < 1.29 is 13.6 Å². The summed E-state index contributed by atoms with van der Waals surface area (Å²) in [7, 11) is 0. The second-order valence-corrected chi connectivity index (χ2v) is 5.85. The Hall–Kier alpha value is -2.13. The van der Waals surface area contributed by atoms with E-state index in [4.69, 9.17) is 17.3 Å². The Morgan fingerprint density at radius 3 is 2.91 bits per heavy atom. The fourth-order valence-electron chi connectivity index (χ4n) is 2.73. The van der Waals surface area contributed by atoms with Crippen LogP contribution in [0.2, 0.25) is 5.02 Å². The van der Waals surface area contributed by atoms with Gasteiger partial charge in [0.2, 0.25) is 5.91 Å². The van der Waals surface area contributed by atoms with Gasteiger partial charge in [0.05, 0.1) is 18.3 Å². The number of halogens is 3. The Kier molecular flexibility index (Phi) is 3.99. The molecular formula is C13H13ClF2N6O. The predicted molar refractivity (Wildman–Crippen MR) is 77.1 cm³/mol. The fraction of sp³-hybridized carbons (Fsp3) is 0.385. The maximum absolute atomic E-state index is 13.6. The van der Waals surface area contributed by atoms with E-state index in [-0.39, 0.29) is 6.54 Å². The molecule has 0 bridgehead atoms. The molecule has 0 unspecified atom stereocenters. The highest BCUT2D eigenvalue weighted by molar-refractivity contribution is 6.30. The minimum Gasteiger partial charge on any atom is -0.368 e. The average molecular weight is 343 g/mol. The maximum atomic E-state index is 13.6. The molecular weight excluding hydrogens is 330 g/mol. The SMILES string of the molecule is NC(=O)[C@@H]1CC(F)(F)CN1Cc1cc(Cl)ccc1-n1cnnn1. The van der Waals surface area contributed by atoms with Crippen LogP contribution in [0.25, 0.3) is 5.69 Å². The molecule has 0 saturated carbocycles. The number of primary amides is 1. The van der Waals surface area contributed by atoms with Crippen LogP contribution in [0.15, 0.2) is 24.5 Å². The molecule has 1 aromatic heterocycles. The second kappa shape index (κ2) is 5.82. The van der Waals surface area contributed by atoms with Gasteiger partial charge in [0.1, 0.15) is 6.33 Å². The molecule has 1 aliphatic rings. The summed E-state index contributed by atoms with van der Waals surface area (Å²) in [6.07, 6.45) is 0.806. The number of likely N-dealkylation sites (tertiary alicyclic amines) is 1. The van der Waals surface area contributed by atoms with Crippen LogP contribution in [-0.4, -0.2) is 49.5 Å². The summed E-state index contributed by atoms with van der Waals surface area (Å²) in [6.45, 7) is -0.457. The molecule has 1 amide bonds. The van der Waals surface area contributed by atoms with Crippen LogP contribution >= 0.6 is 11.6 Å². The van der Waals surface area contributed by atoms with Crippen LogP contribution in [0, 0.1) is 0 Å². The van der Waals surface area contributed by atoms with Gasteiger partial charge in [0, 0.05) is 18.0 Å². The number of hydrogen-bond donors (Lipinski definition) is 1. The van der Waals surface area contributed by atoms with Gasteiger partial charge in [-0.15, -0.1) is 5.10 Å². The third-order valence-electron chi connectivity index (χ3n) is 3.71. The zero-order chi connectivity index (χ0) is 16.6. The zero-order valence-electron chi connectivity index (χ0n) is 11.9. The molecule has 10 heteroatoms. The highest BCUT2D eigenvalue weighted by Gasteiger charge is 2.47. The van der Waals surface area contributed by atoms with Crippen molar-refractivity contribution in [1.29, 1.82) is 0 Å². The molecule has 1 fully saturated rings. The van der Waals surface area contributed by atoms with E-state index in [0.717, 1.165) is 0 Å². The van der Waals surface area contributed by atoms with E-state index in [1.165, 1.54) is 15.9 Å². The van der Waals surface area contributed by atoms with Gasteiger partial charge in [0.15, 0.2) is 0 Å². The van der Waals surface area contributed by atoms with E-state index in [9.17, 15) is 13.6 Å². The Bertz CT molecular complexity index is 723. The number of rotatable bonds is 4. The molecule has 0 spiro atoms. The summed E-state index contributed by atoms with van der Waals surface area (Å²) in [5.74, 6) is -3.72.